The van der Waals surface area contributed by atoms with E-state index < -0.39 is 64.6 Å². The largest absolute Gasteiger partial charge is 0.446 e. The fourth-order valence-corrected chi connectivity index (χ4v) is 14.3. The molecule has 4 amide bonds. The third kappa shape index (κ3) is 18.9. The summed E-state index contributed by atoms with van der Waals surface area (Å²) in [6, 6.07) is 39.6. The molecule has 0 bridgehead atoms. The number of ether oxygens (including phenoxy) is 4. The normalized spacial score (nSPS) is 18.7. The Morgan fingerprint density at radius 2 is 1.37 bits per heavy atom. The smallest absolute Gasteiger partial charge is 0.416 e. The summed E-state index contributed by atoms with van der Waals surface area (Å²) in [7, 11) is 3.56. The SMILES string of the molecule is CN(CCCCCC(=O)OC1=CC=C(CNCc2ccc(C(=O)N(C)CCN3CCC(OC(=O)Nc4ccccc4-c4ccccc4)CC3)cc2)CC1)C(=O)CO[C@H]1Cc2ccccc2C12CCN(CC[C@@]1(c3ccc(F)cc3)CN(C(=O)c3cc(C(F)(F)F)cc(C(F)(F)F)c3)CO1)CC2. The summed E-state index contributed by atoms with van der Waals surface area (Å²) in [5, 5.41) is 6.42. The predicted molar refractivity (Wildman–Crippen MR) is 368 cm³/mol. The van der Waals surface area contributed by atoms with E-state index in [1.807, 2.05) is 110 Å². The molecule has 16 nitrogen and oxygen atoms in total. The number of hydrogen-bond donors (Lipinski definition) is 2. The number of nitrogens with one attached hydrogen (secondary N) is 2. The van der Waals surface area contributed by atoms with Gasteiger partial charge in [-0.15, -0.1) is 0 Å². The molecule has 11 rings (SSSR count). The highest BCUT2D eigenvalue weighted by Gasteiger charge is 2.50. The number of alkyl halides is 6. The van der Waals surface area contributed by atoms with Crippen molar-refractivity contribution in [2.24, 2.45) is 0 Å². The summed E-state index contributed by atoms with van der Waals surface area (Å²) in [4.78, 5) is 75.5. The van der Waals surface area contributed by atoms with Gasteiger partial charge in [0, 0.05) is 101 Å². The lowest BCUT2D eigenvalue weighted by atomic mass is 9.72. The van der Waals surface area contributed by atoms with E-state index in [4.69, 9.17) is 18.9 Å². The molecular formula is C78H86F7N7O9. The Kier molecular flexibility index (Phi) is 24.0. The van der Waals surface area contributed by atoms with E-state index in [2.05, 4.69) is 32.6 Å². The van der Waals surface area contributed by atoms with Crippen LogP contribution in [-0.4, -0.2) is 159 Å². The highest BCUT2D eigenvalue weighted by atomic mass is 19.4. The summed E-state index contributed by atoms with van der Waals surface area (Å²) in [5.74, 6) is -1.48. The third-order valence-electron chi connectivity index (χ3n) is 20.3. The summed E-state index contributed by atoms with van der Waals surface area (Å²) in [6.45, 7) is 5.47. The zero-order valence-electron chi connectivity index (χ0n) is 56.9. The van der Waals surface area contributed by atoms with Crippen molar-refractivity contribution in [1.29, 1.82) is 0 Å². The van der Waals surface area contributed by atoms with Crippen molar-refractivity contribution in [2.45, 2.75) is 119 Å². The maximum Gasteiger partial charge on any atom is 0.416 e. The van der Waals surface area contributed by atoms with Crippen molar-refractivity contribution in [3.63, 3.8) is 0 Å². The second-order valence-corrected chi connectivity index (χ2v) is 27.0. The number of piperidine rings is 2. The average molecular weight is 1400 g/mol. The number of likely N-dealkylation sites (N-methyl/N-ethyl adjacent to an activating group) is 2. The van der Waals surface area contributed by atoms with Crippen molar-refractivity contribution in [3.8, 4) is 11.1 Å². The van der Waals surface area contributed by atoms with Crippen LogP contribution in [0, 0.1) is 5.82 Å². The molecule has 2 aliphatic carbocycles. The van der Waals surface area contributed by atoms with Gasteiger partial charge in [0.1, 0.15) is 36.6 Å². The number of nitrogens with zero attached hydrogens (tertiary/aromatic N) is 5. The van der Waals surface area contributed by atoms with Crippen molar-refractivity contribution in [1.82, 2.24) is 29.8 Å². The number of carbonyl (C=O) groups excluding carboxylic acids is 5. The van der Waals surface area contributed by atoms with Gasteiger partial charge in [-0.05, 0) is 153 Å². The number of hydrogen-bond acceptors (Lipinski definition) is 12. The monoisotopic (exact) mass is 1400 g/mol. The van der Waals surface area contributed by atoms with E-state index in [-0.39, 0.29) is 62.1 Å². The molecule has 2 atom stereocenters. The molecule has 3 aliphatic heterocycles. The highest BCUT2D eigenvalue weighted by molar-refractivity contribution is 5.95. The maximum atomic E-state index is 14.2. The molecule has 5 aliphatic rings. The molecule has 0 saturated carbocycles. The van der Waals surface area contributed by atoms with Crippen LogP contribution in [0.1, 0.15) is 125 Å². The average Bonchev–Trinajstić information content (AvgIpc) is 1.58. The molecule has 0 aromatic heterocycles. The number of esters is 1. The Morgan fingerprint density at radius 3 is 2.07 bits per heavy atom. The van der Waals surface area contributed by atoms with Crippen molar-refractivity contribution < 1.29 is 73.7 Å². The van der Waals surface area contributed by atoms with Gasteiger partial charge in [0.15, 0.2) is 0 Å². The van der Waals surface area contributed by atoms with Gasteiger partial charge < -0.3 is 48.8 Å². The zero-order valence-corrected chi connectivity index (χ0v) is 56.9. The molecule has 3 saturated heterocycles. The Morgan fingerprint density at radius 1 is 0.683 bits per heavy atom. The molecule has 6 aromatic rings. The van der Waals surface area contributed by atoms with Gasteiger partial charge >= 0.3 is 24.4 Å². The number of allylic oxidation sites excluding steroid dienone is 3. The molecule has 6 aromatic carbocycles. The standard InChI is InChI=1S/C78H86F7N7O9/c1-88(70(93)51-98-69-47-58-15-8-10-17-67(58)75(69)34-40-91(41-35-75)42-36-76(60-26-28-63(79)29-27-60)52-92(53-99-76)73(96)59-45-61(77(80,81)82)48-62(46-59)78(83,84)85)37-12-4-7-19-71(94)100-64-30-22-55(23-31-64)50-86-49-54-20-24-57(25-21-54)72(95)89(2)43-44-90-38-32-65(33-39-90)101-74(97)87-68-18-11-9-16-66(68)56-13-5-3-6-14-56/h3,5-6,8-11,13-18,20-22,24-30,45-46,48,65,69,86H,4,7,12,19,23,31-44,47,49-53H2,1-2H3,(H,87,97)/t69-,76-/m0/s1. The molecular weight excluding hydrogens is 1310 g/mol. The molecule has 23 heteroatoms. The topological polar surface area (TPSA) is 163 Å². The molecule has 2 N–H and O–H groups in total. The Labute approximate surface area is 584 Å². The van der Waals surface area contributed by atoms with Gasteiger partial charge in [-0.1, -0.05) is 115 Å². The van der Waals surface area contributed by atoms with Crippen molar-refractivity contribution >= 4 is 35.5 Å². The molecule has 536 valence electrons. The van der Waals surface area contributed by atoms with Crippen LogP contribution < -0.4 is 10.6 Å². The number of likely N-dealkylation sites (tertiary alicyclic amines) is 2. The number of carbonyl (C=O) groups is 5. The number of unbranched alkanes of at least 4 members (excludes halogenated alkanes) is 2. The maximum absolute atomic E-state index is 14.2. The lowest BCUT2D eigenvalue weighted by Gasteiger charge is -2.44. The van der Waals surface area contributed by atoms with Gasteiger partial charge in [0.2, 0.25) is 5.91 Å². The van der Waals surface area contributed by atoms with Crippen LogP contribution in [0.2, 0.25) is 0 Å². The minimum absolute atomic E-state index is 0.0275. The van der Waals surface area contributed by atoms with Crippen LogP contribution in [0.25, 0.3) is 11.1 Å². The lowest BCUT2D eigenvalue weighted by Crippen LogP contribution is -2.50. The minimum atomic E-state index is -5.15. The van der Waals surface area contributed by atoms with Crippen molar-refractivity contribution in [2.75, 3.05) is 98.2 Å². The molecule has 101 heavy (non-hydrogen) atoms. The fraction of sp³-hybridized carbons (Fsp3) is 0.423. The molecule has 0 unspecified atom stereocenters. The number of amides is 4. The number of rotatable bonds is 26. The molecule has 0 radical (unpaired) electrons. The van der Waals surface area contributed by atoms with E-state index in [1.165, 1.54) is 35.4 Å². The van der Waals surface area contributed by atoms with Crippen LogP contribution in [-0.2, 0) is 64.9 Å². The van der Waals surface area contributed by atoms with E-state index in [9.17, 15) is 54.7 Å². The summed E-state index contributed by atoms with van der Waals surface area (Å²) >= 11 is 0. The van der Waals surface area contributed by atoms with Crippen LogP contribution >= 0.6 is 0 Å². The summed E-state index contributed by atoms with van der Waals surface area (Å²) in [5.41, 5.74) is 2.64. The summed E-state index contributed by atoms with van der Waals surface area (Å²) < 4.78 is 121. The van der Waals surface area contributed by atoms with Crippen LogP contribution in [0.4, 0.5) is 41.2 Å². The first-order valence-corrected chi connectivity index (χ1v) is 34.6. The summed E-state index contributed by atoms with van der Waals surface area (Å²) in [6.07, 6.45) is -0.112. The first-order valence-electron chi connectivity index (χ1n) is 34.6. The van der Waals surface area contributed by atoms with Crippen LogP contribution in [0.5, 0.6) is 0 Å². The molecule has 1 spiro atoms. The number of halogens is 7. The van der Waals surface area contributed by atoms with Gasteiger partial charge in [-0.3, -0.25) is 24.5 Å². The number of para-hydroxylation sites is 1. The van der Waals surface area contributed by atoms with Gasteiger partial charge in [0.05, 0.1) is 29.5 Å². The second-order valence-electron chi connectivity index (χ2n) is 27.0. The Hall–Kier alpha value is -8.74. The van der Waals surface area contributed by atoms with E-state index >= 15 is 0 Å². The van der Waals surface area contributed by atoms with E-state index in [1.54, 1.807) is 16.8 Å². The minimum Gasteiger partial charge on any atom is -0.446 e. The van der Waals surface area contributed by atoms with E-state index in [0.29, 0.717) is 145 Å². The number of benzene rings is 6. The van der Waals surface area contributed by atoms with Gasteiger partial charge in [0.25, 0.3) is 11.8 Å². The zero-order chi connectivity index (χ0) is 71.3. The molecule has 3 fully saturated rings. The van der Waals surface area contributed by atoms with Gasteiger partial charge in [-0.25, -0.2) is 9.18 Å². The van der Waals surface area contributed by atoms with Crippen LogP contribution in [0.15, 0.2) is 169 Å². The first-order chi connectivity index (χ1) is 48.5. The Balaban J connectivity index is 0.556. The molecule has 3 heterocycles. The first kappa shape index (κ1) is 73.5. The fourth-order valence-electron chi connectivity index (χ4n) is 14.3. The third-order valence-corrected chi connectivity index (χ3v) is 20.3. The van der Waals surface area contributed by atoms with E-state index in [0.717, 1.165) is 46.7 Å². The van der Waals surface area contributed by atoms with Crippen LogP contribution in [0.3, 0.4) is 0 Å². The lowest BCUT2D eigenvalue weighted by molar-refractivity contribution is -0.143. The second kappa shape index (κ2) is 32.9. The number of anilines is 1. The Bertz CT molecular complexity index is 3900. The predicted octanol–water partition coefficient (Wildman–Crippen LogP) is 14.0. The van der Waals surface area contributed by atoms with Crippen molar-refractivity contribution in [3.05, 3.63) is 219 Å². The quantitative estimate of drug-likeness (QED) is 0.0301. The number of fused-ring (bicyclic) bond motifs is 2. The highest BCUT2D eigenvalue weighted by Crippen LogP contribution is 2.49. The van der Waals surface area contributed by atoms with Gasteiger partial charge in [-0.2, -0.15) is 26.3 Å².